The van der Waals surface area contributed by atoms with E-state index >= 15 is 0 Å². The van der Waals surface area contributed by atoms with E-state index in [-0.39, 0.29) is 23.8 Å². The maximum Gasteiger partial charge on any atom is 0.243 e. The van der Waals surface area contributed by atoms with Crippen molar-refractivity contribution >= 4 is 26.9 Å². The molecular formula is C23H23FN6O4S. The first kappa shape index (κ1) is 23.0. The van der Waals surface area contributed by atoms with E-state index in [1.54, 1.807) is 29.1 Å². The number of hydrogen-bond acceptors (Lipinski definition) is 8. The summed E-state index contributed by atoms with van der Waals surface area (Å²) in [5, 5.41) is 5.14. The SMILES string of the molecule is COc1ccc(S(=O)(=O)N2CCN(c3ncnc4c3cnn4-c3ccc(F)cc3)CC2)cc1OC. The van der Waals surface area contributed by atoms with Gasteiger partial charge in [-0.25, -0.2) is 27.5 Å². The van der Waals surface area contributed by atoms with Crippen LogP contribution in [0.3, 0.4) is 0 Å². The molecule has 1 aliphatic heterocycles. The van der Waals surface area contributed by atoms with Gasteiger partial charge in [-0.05, 0) is 36.4 Å². The highest BCUT2D eigenvalue weighted by molar-refractivity contribution is 7.89. The molecule has 0 spiro atoms. The van der Waals surface area contributed by atoms with Crippen LogP contribution >= 0.6 is 0 Å². The van der Waals surface area contributed by atoms with Crippen molar-refractivity contribution < 1.29 is 22.3 Å². The van der Waals surface area contributed by atoms with Gasteiger partial charge in [0.25, 0.3) is 0 Å². The van der Waals surface area contributed by atoms with Gasteiger partial charge >= 0.3 is 0 Å². The van der Waals surface area contributed by atoms with Gasteiger partial charge in [0.2, 0.25) is 10.0 Å². The predicted molar refractivity (Wildman–Crippen MR) is 127 cm³/mol. The lowest BCUT2D eigenvalue weighted by molar-refractivity contribution is 0.353. The van der Waals surface area contributed by atoms with Crippen LogP contribution in [0.4, 0.5) is 10.2 Å². The molecule has 2 aromatic carbocycles. The molecule has 0 saturated carbocycles. The molecule has 0 N–H and O–H groups in total. The molecule has 1 aliphatic rings. The Bertz CT molecular complexity index is 1470. The second-order valence-electron chi connectivity index (χ2n) is 7.88. The zero-order valence-corrected chi connectivity index (χ0v) is 19.9. The lowest BCUT2D eigenvalue weighted by atomic mass is 10.3. The van der Waals surface area contributed by atoms with Crippen LogP contribution in [0.15, 0.2) is 59.9 Å². The van der Waals surface area contributed by atoms with Crippen LogP contribution in [0, 0.1) is 5.82 Å². The van der Waals surface area contributed by atoms with Crippen molar-refractivity contribution in [3.63, 3.8) is 0 Å². The van der Waals surface area contributed by atoms with E-state index in [1.165, 1.54) is 49.1 Å². The third-order valence-corrected chi connectivity index (χ3v) is 7.84. The zero-order valence-electron chi connectivity index (χ0n) is 19.1. The fraction of sp³-hybridized carbons (Fsp3) is 0.261. The Morgan fingerprint density at radius 2 is 1.63 bits per heavy atom. The Morgan fingerprint density at radius 3 is 2.31 bits per heavy atom. The Hall–Kier alpha value is -3.77. The van der Waals surface area contributed by atoms with Gasteiger partial charge in [0, 0.05) is 32.2 Å². The lowest BCUT2D eigenvalue weighted by Gasteiger charge is -2.34. The second kappa shape index (κ2) is 9.12. The lowest BCUT2D eigenvalue weighted by Crippen LogP contribution is -2.49. The van der Waals surface area contributed by atoms with Crippen LogP contribution in [-0.4, -0.2) is 72.9 Å². The minimum absolute atomic E-state index is 0.147. The van der Waals surface area contributed by atoms with Crippen LogP contribution in [0.1, 0.15) is 0 Å². The Balaban J connectivity index is 1.37. The van der Waals surface area contributed by atoms with Gasteiger partial charge in [0.15, 0.2) is 17.1 Å². The fourth-order valence-corrected chi connectivity index (χ4v) is 5.56. The number of aromatic nitrogens is 4. The number of nitrogens with zero attached hydrogens (tertiary/aromatic N) is 6. The van der Waals surface area contributed by atoms with Crippen molar-refractivity contribution in [2.24, 2.45) is 0 Å². The van der Waals surface area contributed by atoms with Crippen molar-refractivity contribution in [2.45, 2.75) is 4.90 Å². The molecule has 3 heterocycles. The molecule has 5 rings (SSSR count). The van der Waals surface area contributed by atoms with Crippen LogP contribution < -0.4 is 14.4 Å². The third-order valence-electron chi connectivity index (χ3n) is 5.95. The average molecular weight is 499 g/mol. The minimum Gasteiger partial charge on any atom is -0.493 e. The van der Waals surface area contributed by atoms with Gasteiger partial charge < -0.3 is 14.4 Å². The smallest absolute Gasteiger partial charge is 0.243 e. The third kappa shape index (κ3) is 4.15. The van der Waals surface area contributed by atoms with E-state index in [9.17, 15) is 12.8 Å². The van der Waals surface area contributed by atoms with Crippen LogP contribution in [-0.2, 0) is 10.0 Å². The number of halogens is 1. The van der Waals surface area contributed by atoms with Crippen LogP contribution in [0.25, 0.3) is 16.7 Å². The number of rotatable bonds is 6. The van der Waals surface area contributed by atoms with E-state index in [0.29, 0.717) is 41.7 Å². The highest BCUT2D eigenvalue weighted by Gasteiger charge is 2.30. The molecule has 0 amide bonds. The summed E-state index contributed by atoms with van der Waals surface area (Å²) < 4.78 is 53.3. The normalized spacial score (nSPS) is 14.9. The van der Waals surface area contributed by atoms with Gasteiger partial charge in [0.1, 0.15) is 18.0 Å². The Labute approximate surface area is 201 Å². The summed E-state index contributed by atoms with van der Waals surface area (Å²) in [5.74, 6) is 1.16. The zero-order chi connectivity index (χ0) is 24.6. The number of ether oxygens (including phenoxy) is 2. The molecule has 35 heavy (non-hydrogen) atoms. The summed E-state index contributed by atoms with van der Waals surface area (Å²) in [6.45, 7) is 1.46. The molecule has 182 valence electrons. The highest BCUT2D eigenvalue weighted by atomic mass is 32.2. The monoisotopic (exact) mass is 498 g/mol. The average Bonchev–Trinajstić information content (AvgIpc) is 3.33. The maximum atomic E-state index is 13.3. The molecular weight excluding hydrogens is 475 g/mol. The molecule has 1 fully saturated rings. The highest BCUT2D eigenvalue weighted by Crippen LogP contribution is 2.31. The molecule has 0 bridgehead atoms. The summed E-state index contributed by atoms with van der Waals surface area (Å²) in [6, 6.07) is 10.5. The van der Waals surface area contributed by atoms with Gasteiger partial charge in [0.05, 0.1) is 36.4 Å². The van der Waals surface area contributed by atoms with E-state index in [1.807, 2.05) is 4.90 Å². The van der Waals surface area contributed by atoms with Crippen LogP contribution in [0.2, 0.25) is 0 Å². The summed E-state index contributed by atoms with van der Waals surface area (Å²) in [4.78, 5) is 11.0. The molecule has 0 aliphatic carbocycles. The fourth-order valence-electron chi connectivity index (χ4n) is 4.12. The van der Waals surface area contributed by atoms with Crippen molar-refractivity contribution in [2.75, 3.05) is 45.3 Å². The van der Waals surface area contributed by atoms with Gasteiger partial charge in [-0.1, -0.05) is 0 Å². The van der Waals surface area contributed by atoms with Gasteiger partial charge in [-0.15, -0.1) is 0 Å². The number of benzene rings is 2. The largest absolute Gasteiger partial charge is 0.493 e. The van der Waals surface area contributed by atoms with E-state index in [2.05, 4.69) is 15.1 Å². The number of sulfonamides is 1. The molecule has 10 nitrogen and oxygen atoms in total. The van der Waals surface area contributed by atoms with E-state index in [0.717, 1.165) is 5.39 Å². The summed E-state index contributed by atoms with van der Waals surface area (Å²) in [6.07, 6.45) is 3.12. The molecule has 1 saturated heterocycles. The number of anilines is 1. The second-order valence-corrected chi connectivity index (χ2v) is 9.81. The minimum atomic E-state index is -3.71. The first-order valence-electron chi connectivity index (χ1n) is 10.8. The van der Waals surface area contributed by atoms with Crippen LogP contribution in [0.5, 0.6) is 11.5 Å². The Kier molecular flexibility index (Phi) is 5.99. The number of methoxy groups -OCH3 is 2. The number of fused-ring (bicyclic) bond motifs is 1. The molecule has 12 heteroatoms. The summed E-state index contributed by atoms with van der Waals surface area (Å²) in [7, 11) is -0.747. The van der Waals surface area contributed by atoms with Crippen molar-refractivity contribution in [3.8, 4) is 17.2 Å². The standard InChI is InChI=1S/C23H23FN6O4S/c1-33-20-8-7-18(13-21(20)34-2)35(31,32)29-11-9-28(10-12-29)22-19-14-27-30(23(19)26-15-25-22)17-5-3-16(24)4-6-17/h3-8,13-15H,9-12H2,1-2H3. The number of hydrogen-bond donors (Lipinski definition) is 0. The van der Waals surface area contributed by atoms with Crippen molar-refractivity contribution in [1.82, 2.24) is 24.1 Å². The molecule has 2 aromatic heterocycles. The first-order chi connectivity index (χ1) is 16.9. The predicted octanol–water partition coefficient (Wildman–Crippen LogP) is 2.48. The quantitative estimate of drug-likeness (QED) is 0.400. The summed E-state index contributed by atoms with van der Waals surface area (Å²) in [5.41, 5.74) is 1.26. The van der Waals surface area contributed by atoms with E-state index in [4.69, 9.17) is 9.47 Å². The Morgan fingerprint density at radius 1 is 0.914 bits per heavy atom. The van der Waals surface area contributed by atoms with Gasteiger partial charge in [-0.2, -0.15) is 9.40 Å². The molecule has 4 aromatic rings. The maximum absolute atomic E-state index is 13.3. The number of piperazine rings is 1. The van der Waals surface area contributed by atoms with Gasteiger partial charge in [-0.3, -0.25) is 0 Å². The molecule has 0 unspecified atom stereocenters. The van der Waals surface area contributed by atoms with Crippen molar-refractivity contribution in [3.05, 3.63) is 60.8 Å². The van der Waals surface area contributed by atoms with Crippen molar-refractivity contribution in [1.29, 1.82) is 0 Å². The molecule has 0 atom stereocenters. The van der Waals surface area contributed by atoms with E-state index < -0.39 is 10.0 Å². The first-order valence-corrected chi connectivity index (χ1v) is 12.3. The summed E-state index contributed by atoms with van der Waals surface area (Å²) >= 11 is 0. The topological polar surface area (TPSA) is 103 Å². The molecule has 0 radical (unpaired) electrons.